The van der Waals surface area contributed by atoms with Crippen LogP contribution in [0.3, 0.4) is 0 Å². The van der Waals surface area contributed by atoms with Crippen molar-refractivity contribution in [3.05, 3.63) is 10.2 Å². The summed E-state index contributed by atoms with van der Waals surface area (Å²) in [5, 5.41) is 9.43. The molecule has 0 saturated heterocycles. The molecule has 0 aliphatic carbocycles. The molecule has 12 heavy (non-hydrogen) atoms. The Kier molecular flexibility index (Phi) is 8.34. The van der Waals surface area contributed by atoms with E-state index in [2.05, 4.69) is 36.4 Å². The Labute approximate surface area is 89.4 Å². The molecule has 72 valence electrons. The third-order valence-electron chi connectivity index (χ3n) is 1.99. The van der Waals surface area contributed by atoms with Crippen molar-refractivity contribution in [1.29, 1.82) is 0 Å². The maximum Gasteiger partial charge on any atom is 0.0730 e. The fourth-order valence-electron chi connectivity index (χ4n) is 1.25. The van der Waals surface area contributed by atoms with Crippen LogP contribution in [0.2, 0.25) is 0 Å². The summed E-state index contributed by atoms with van der Waals surface area (Å²) >= 11 is 2.14. The Morgan fingerprint density at radius 2 is 2.17 bits per heavy atom. The maximum atomic E-state index is 9.43. The summed E-state index contributed by atoms with van der Waals surface area (Å²) in [5.41, 5.74) is 0. The summed E-state index contributed by atoms with van der Waals surface area (Å²) in [5.74, 6) is 0.646. The Morgan fingerprint density at radius 3 is 2.67 bits per heavy atom. The number of unbranched alkanes of at least 4 members (excludes halogenated alkanes) is 1. The lowest BCUT2D eigenvalue weighted by Gasteiger charge is -2.12. The molecule has 2 heteroatoms. The van der Waals surface area contributed by atoms with Gasteiger partial charge in [-0.2, -0.15) is 0 Å². The van der Waals surface area contributed by atoms with Gasteiger partial charge in [0.1, 0.15) is 0 Å². The van der Waals surface area contributed by atoms with Crippen LogP contribution in [0, 0.1) is 5.92 Å². The molecule has 0 aromatic rings. The van der Waals surface area contributed by atoms with Gasteiger partial charge in [-0.05, 0) is 16.4 Å². The number of rotatable bonds is 6. The van der Waals surface area contributed by atoms with Gasteiger partial charge in [0, 0.05) is 0 Å². The van der Waals surface area contributed by atoms with Crippen molar-refractivity contribution in [2.24, 2.45) is 5.92 Å². The molecular weight excluding hydrogens is 263 g/mol. The Hall–Kier alpha value is 0.430. The molecule has 0 bridgehead atoms. The highest BCUT2D eigenvalue weighted by Crippen LogP contribution is 2.14. The average molecular weight is 282 g/mol. The highest BCUT2D eigenvalue weighted by atomic mass is 127. The Morgan fingerprint density at radius 1 is 1.50 bits per heavy atom. The van der Waals surface area contributed by atoms with Crippen LogP contribution in [0.15, 0.2) is 10.2 Å². The number of hydrogen-bond donors (Lipinski definition) is 1. The molecule has 0 saturated carbocycles. The standard InChI is InChI=1S/C10H19IO/c1-3-4-5-9(2)8-10(12)6-7-11/h6-7,9-10,12H,3-5,8H2,1-2H3/b7-6+. The van der Waals surface area contributed by atoms with Crippen LogP contribution >= 0.6 is 22.6 Å². The predicted molar refractivity (Wildman–Crippen MR) is 62.5 cm³/mol. The third-order valence-corrected chi connectivity index (χ3v) is 2.40. The summed E-state index contributed by atoms with van der Waals surface area (Å²) in [4.78, 5) is 0. The molecule has 0 aliphatic rings. The van der Waals surface area contributed by atoms with Crippen LogP contribution in [0.4, 0.5) is 0 Å². The second-order valence-electron chi connectivity index (χ2n) is 3.37. The van der Waals surface area contributed by atoms with Gasteiger partial charge < -0.3 is 5.11 Å². The summed E-state index contributed by atoms with van der Waals surface area (Å²) in [7, 11) is 0. The van der Waals surface area contributed by atoms with Crippen LogP contribution in [-0.2, 0) is 0 Å². The van der Waals surface area contributed by atoms with Crippen molar-refractivity contribution in [2.45, 2.75) is 45.6 Å². The Balaban J connectivity index is 3.46. The lowest BCUT2D eigenvalue weighted by molar-refractivity contribution is 0.187. The minimum atomic E-state index is -0.242. The van der Waals surface area contributed by atoms with Gasteiger partial charge in [-0.3, -0.25) is 0 Å². The predicted octanol–water partition coefficient (Wildman–Crippen LogP) is 3.51. The first kappa shape index (κ1) is 12.4. The van der Waals surface area contributed by atoms with Crippen LogP contribution in [0.5, 0.6) is 0 Å². The molecule has 1 nitrogen and oxygen atoms in total. The second-order valence-corrected chi connectivity index (χ2v) is 4.09. The van der Waals surface area contributed by atoms with E-state index in [-0.39, 0.29) is 6.10 Å². The van der Waals surface area contributed by atoms with Crippen LogP contribution in [-0.4, -0.2) is 11.2 Å². The number of aliphatic hydroxyl groups excluding tert-OH is 1. The molecule has 2 unspecified atom stereocenters. The summed E-state index contributed by atoms with van der Waals surface area (Å²) in [6, 6.07) is 0. The minimum absolute atomic E-state index is 0.242. The van der Waals surface area contributed by atoms with Gasteiger partial charge in [-0.15, -0.1) is 0 Å². The van der Waals surface area contributed by atoms with Crippen molar-refractivity contribution in [3.8, 4) is 0 Å². The summed E-state index contributed by atoms with van der Waals surface area (Å²) < 4.78 is 1.88. The van der Waals surface area contributed by atoms with E-state index in [0.717, 1.165) is 6.42 Å². The van der Waals surface area contributed by atoms with Crippen molar-refractivity contribution < 1.29 is 5.11 Å². The smallest absolute Gasteiger partial charge is 0.0730 e. The largest absolute Gasteiger partial charge is 0.389 e. The zero-order valence-electron chi connectivity index (χ0n) is 7.96. The molecular formula is C10H19IO. The number of halogens is 1. The molecule has 0 fully saturated rings. The van der Waals surface area contributed by atoms with Crippen molar-refractivity contribution in [3.63, 3.8) is 0 Å². The topological polar surface area (TPSA) is 20.2 Å². The first-order chi connectivity index (χ1) is 5.70. The normalized spacial score (nSPS) is 16.7. The minimum Gasteiger partial charge on any atom is -0.389 e. The van der Waals surface area contributed by atoms with E-state index >= 15 is 0 Å². The first-order valence-electron chi connectivity index (χ1n) is 4.65. The van der Waals surface area contributed by atoms with Crippen molar-refractivity contribution in [2.75, 3.05) is 0 Å². The van der Waals surface area contributed by atoms with E-state index in [1.54, 1.807) is 0 Å². The van der Waals surface area contributed by atoms with Crippen molar-refractivity contribution in [1.82, 2.24) is 0 Å². The Bertz CT molecular complexity index is 123. The summed E-state index contributed by atoms with van der Waals surface area (Å²) in [6.07, 6.45) is 6.28. The molecule has 0 radical (unpaired) electrons. The second kappa shape index (κ2) is 8.05. The van der Waals surface area contributed by atoms with Gasteiger partial charge in [-0.25, -0.2) is 0 Å². The van der Waals surface area contributed by atoms with E-state index in [9.17, 15) is 5.11 Å². The van der Waals surface area contributed by atoms with Crippen molar-refractivity contribution >= 4 is 22.6 Å². The lowest BCUT2D eigenvalue weighted by atomic mass is 9.98. The molecule has 0 heterocycles. The molecule has 0 rings (SSSR count). The lowest BCUT2D eigenvalue weighted by Crippen LogP contribution is -2.08. The fourth-order valence-corrected chi connectivity index (χ4v) is 1.72. The zero-order chi connectivity index (χ0) is 9.40. The van der Waals surface area contributed by atoms with E-state index in [1.807, 2.05) is 10.2 Å². The number of hydrogen-bond acceptors (Lipinski definition) is 1. The van der Waals surface area contributed by atoms with Gasteiger partial charge in [0.05, 0.1) is 6.10 Å². The van der Waals surface area contributed by atoms with Crippen LogP contribution in [0.25, 0.3) is 0 Å². The van der Waals surface area contributed by atoms with Crippen LogP contribution < -0.4 is 0 Å². The van der Waals surface area contributed by atoms with Gasteiger partial charge in [0.25, 0.3) is 0 Å². The van der Waals surface area contributed by atoms with Gasteiger partial charge in [0.15, 0.2) is 0 Å². The van der Waals surface area contributed by atoms with Gasteiger partial charge in [-0.1, -0.05) is 61.8 Å². The zero-order valence-corrected chi connectivity index (χ0v) is 10.1. The molecule has 2 atom stereocenters. The SMILES string of the molecule is CCCCC(C)CC(O)/C=C/I. The molecule has 0 aromatic carbocycles. The first-order valence-corrected chi connectivity index (χ1v) is 5.90. The quantitative estimate of drug-likeness (QED) is 0.739. The van der Waals surface area contributed by atoms with E-state index < -0.39 is 0 Å². The van der Waals surface area contributed by atoms with Gasteiger partial charge in [0.2, 0.25) is 0 Å². The van der Waals surface area contributed by atoms with Gasteiger partial charge >= 0.3 is 0 Å². The molecule has 0 aromatic heterocycles. The molecule has 0 spiro atoms. The average Bonchev–Trinajstić information content (AvgIpc) is 2.01. The highest BCUT2D eigenvalue weighted by Gasteiger charge is 2.06. The fraction of sp³-hybridized carbons (Fsp3) is 0.800. The maximum absolute atomic E-state index is 9.43. The number of aliphatic hydroxyl groups is 1. The molecule has 0 aliphatic heterocycles. The molecule has 0 amide bonds. The van der Waals surface area contributed by atoms with Crippen LogP contribution in [0.1, 0.15) is 39.5 Å². The highest BCUT2D eigenvalue weighted by molar-refractivity contribution is 14.1. The third kappa shape index (κ3) is 7.10. The monoisotopic (exact) mass is 282 g/mol. The summed E-state index contributed by atoms with van der Waals surface area (Å²) in [6.45, 7) is 4.41. The van der Waals surface area contributed by atoms with E-state index in [1.165, 1.54) is 19.3 Å². The van der Waals surface area contributed by atoms with E-state index in [4.69, 9.17) is 0 Å². The molecule has 1 N–H and O–H groups in total. The van der Waals surface area contributed by atoms with E-state index in [0.29, 0.717) is 5.92 Å².